The van der Waals surface area contributed by atoms with Crippen LogP contribution in [0.15, 0.2) is 36.7 Å². The van der Waals surface area contributed by atoms with Crippen molar-refractivity contribution in [1.82, 2.24) is 14.7 Å². The van der Waals surface area contributed by atoms with Gasteiger partial charge in [0.05, 0.1) is 18.3 Å². The molecule has 1 aromatic heterocycles. The minimum Gasteiger partial charge on any atom is -0.481 e. The lowest BCUT2D eigenvalue weighted by Gasteiger charge is -2.34. The van der Waals surface area contributed by atoms with Gasteiger partial charge in [0.25, 0.3) is 5.91 Å². The van der Waals surface area contributed by atoms with E-state index in [0.29, 0.717) is 18.8 Å². The first-order chi connectivity index (χ1) is 12.5. The van der Waals surface area contributed by atoms with E-state index >= 15 is 0 Å². The molecule has 0 aliphatic carbocycles. The molecule has 1 amide bonds. The number of aromatic nitrogens is 2. The lowest BCUT2D eigenvalue weighted by molar-refractivity contribution is -0.137. The Balaban J connectivity index is 1.77. The number of carboxylic acid groups (broad SMARTS) is 1. The molecule has 7 nitrogen and oxygen atoms in total. The fraction of sp³-hybridized carbons (Fsp3) is 0.421. The van der Waals surface area contributed by atoms with Gasteiger partial charge >= 0.3 is 5.97 Å². The Kier molecular flexibility index (Phi) is 5.68. The first-order valence-electron chi connectivity index (χ1n) is 8.77. The van der Waals surface area contributed by atoms with Gasteiger partial charge in [-0.25, -0.2) is 4.68 Å². The van der Waals surface area contributed by atoms with Crippen LogP contribution in [-0.4, -0.2) is 57.5 Å². The topological polar surface area (TPSA) is 84.7 Å². The van der Waals surface area contributed by atoms with Crippen LogP contribution in [0.1, 0.15) is 35.2 Å². The van der Waals surface area contributed by atoms with Gasteiger partial charge in [-0.1, -0.05) is 0 Å². The molecule has 3 rings (SSSR count). The van der Waals surface area contributed by atoms with Crippen molar-refractivity contribution < 1.29 is 19.4 Å². The maximum atomic E-state index is 13.0. The van der Waals surface area contributed by atoms with Crippen LogP contribution in [0.25, 0.3) is 5.69 Å². The Morgan fingerprint density at radius 2 is 1.96 bits per heavy atom. The molecule has 138 valence electrons. The van der Waals surface area contributed by atoms with Crippen LogP contribution in [0, 0.1) is 6.92 Å². The van der Waals surface area contributed by atoms with E-state index in [1.807, 2.05) is 25.3 Å². The van der Waals surface area contributed by atoms with Crippen molar-refractivity contribution in [2.24, 2.45) is 0 Å². The second-order valence-electron chi connectivity index (χ2n) is 6.49. The van der Waals surface area contributed by atoms with E-state index in [1.165, 1.54) is 0 Å². The number of aliphatic carboxylic acids is 1. The van der Waals surface area contributed by atoms with Gasteiger partial charge in [-0.15, -0.1) is 0 Å². The van der Waals surface area contributed by atoms with Gasteiger partial charge in [0.1, 0.15) is 0 Å². The average Bonchev–Trinajstić information content (AvgIpc) is 3.09. The maximum absolute atomic E-state index is 13.0. The fourth-order valence-corrected chi connectivity index (χ4v) is 3.14. The highest BCUT2D eigenvalue weighted by atomic mass is 16.5. The molecule has 1 fully saturated rings. The standard InChI is InChI=1S/C19H23N3O4/c1-14-12-20-22(13-14)17-4-2-15(3-5-17)19(25)21(9-6-18(23)24)16-7-10-26-11-8-16/h2-5,12-13,16H,6-11H2,1H3,(H,23,24). The highest BCUT2D eigenvalue weighted by molar-refractivity contribution is 5.94. The van der Waals surface area contributed by atoms with E-state index in [9.17, 15) is 9.59 Å². The van der Waals surface area contributed by atoms with Gasteiger partial charge in [0, 0.05) is 37.6 Å². The van der Waals surface area contributed by atoms with Gasteiger partial charge in [0.2, 0.25) is 0 Å². The van der Waals surface area contributed by atoms with E-state index in [-0.39, 0.29) is 24.9 Å². The quantitative estimate of drug-likeness (QED) is 0.857. The number of carboxylic acids is 1. The van der Waals surface area contributed by atoms with Crippen LogP contribution in [0.2, 0.25) is 0 Å². The molecule has 1 saturated heterocycles. The SMILES string of the molecule is Cc1cnn(-c2ccc(C(=O)N(CCC(=O)O)C3CCOCC3)cc2)c1. The molecule has 0 unspecified atom stereocenters. The molecule has 0 spiro atoms. The minimum atomic E-state index is -0.903. The Morgan fingerprint density at radius 1 is 1.27 bits per heavy atom. The normalized spacial score (nSPS) is 15.0. The smallest absolute Gasteiger partial charge is 0.305 e. The summed E-state index contributed by atoms with van der Waals surface area (Å²) in [4.78, 5) is 25.6. The number of rotatable bonds is 6. The number of aryl methyl sites for hydroxylation is 1. The third kappa shape index (κ3) is 4.29. The van der Waals surface area contributed by atoms with Crippen LogP contribution in [0.4, 0.5) is 0 Å². The van der Waals surface area contributed by atoms with Crippen LogP contribution >= 0.6 is 0 Å². The molecule has 1 aliphatic rings. The summed E-state index contributed by atoms with van der Waals surface area (Å²) < 4.78 is 7.12. The Hall–Kier alpha value is -2.67. The molecule has 0 radical (unpaired) electrons. The number of ether oxygens (including phenoxy) is 1. The highest BCUT2D eigenvalue weighted by Gasteiger charge is 2.27. The molecule has 0 saturated carbocycles. The average molecular weight is 357 g/mol. The summed E-state index contributed by atoms with van der Waals surface area (Å²) in [5.74, 6) is -1.04. The number of carbonyl (C=O) groups is 2. The van der Waals surface area contributed by atoms with E-state index in [2.05, 4.69) is 5.10 Å². The van der Waals surface area contributed by atoms with Crippen molar-refractivity contribution in [2.75, 3.05) is 19.8 Å². The monoisotopic (exact) mass is 357 g/mol. The molecule has 2 aromatic rings. The van der Waals surface area contributed by atoms with Crippen molar-refractivity contribution in [3.63, 3.8) is 0 Å². The van der Waals surface area contributed by atoms with Crippen molar-refractivity contribution in [3.05, 3.63) is 47.8 Å². The van der Waals surface area contributed by atoms with Crippen LogP contribution in [-0.2, 0) is 9.53 Å². The van der Waals surface area contributed by atoms with Gasteiger partial charge in [-0.05, 0) is 49.6 Å². The van der Waals surface area contributed by atoms with Gasteiger partial charge in [-0.3, -0.25) is 9.59 Å². The van der Waals surface area contributed by atoms with Gasteiger partial charge < -0.3 is 14.7 Å². The Morgan fingerprint density at radius 3 is 2.54 bits per heavy atom. The summed E-state index contributed by atoms with van der Waals surface area (Å²) in [7, 11) is 0. The Bertz CT molecular complexity index is 763. The Labute approximate surface area is 152 Å². The second kappa shape index (κ2) is 8.14. The summed E-state index contributed by atoms with van der Waals surface area (Å²) in [6, 6.07) is 7.24. The van der Waals surface area contributed by atoms with E-state index in [4.69, 9.17) is 9.84 Å². The van der Waals surface area contributed by atoms with Crippen LogP contribution in [0.3, 0.4) is 0 Å². The third-order valence-corrected chi connectivity index (χ3v) is 4.55. The summed E-state index contributed by atoms with van der Waals surface area (Å²) >= 11 is 0. The van der Waals surface area contributed by atoms with Crippen LogP contribution < -0.4 is 0 Å². The fourth-order valence-electron chi connectivity index (χ4n) is 3.14. The third-order valence-electron chi connectivity index (χ3n) is 4.55. The zero-order valence-corrected chi connectivity index (χ0v) is 14.8. The zero-order chi connectivity index (χ0) is 18.5. The first-order valence-corrected chi connectivity index (χ1v) is 8.77. The number of hydrogen-bond donors (Lipinski definition) is 1. The number of benzene rings is 1. The lowest BCUT2D eigenvalue weighted by Crippen LogP contribution is -2.44. The predicted octanol–water partition coefficient (Wildman–Crippen LogP) is 2.28. The minimum absolute atomic E-state index is 0.0176. The van der Waals surface area contributed by atoms with E-state index < -0.39 is 5.97 Å². The van der Waals surface area contributed by atoms with Crippen molar-refractivity contribution in [2.45, 2.75) is 32.2 Å². The van der Waals surface area contributed by atoms with Crippen molar-refractivity contribution in [1.29, 1.82) is 0 Å². The molecule has 7 heteroatoms. The molecular formula is C19H23N3O4. The molecule has 1 N–H and O–H groups in total. The molecular weight excluding hydrogens is 334 g/mol. The zero-order valence-electron chi connectivity index (χ0n) is 14.8. The van der Waals surface area contributed by atoms with Crippen molar-refractivity contribution in [3.8, 4) is 5.69 Å². The molecule has 0 atom stereocenters. The van der Waals surface area contributed by atoms with Crippen LogP contribution in [0.5, 0.6) is 0 Å². The molecule has 1 aromatic carbocycles. The molecule has 26 heavy (non-hydrogen) atoms. The summed E-state index contributed by atoms with van der Waals surface area (Å²) in [5, 5.41) is 13.3. The first kappa shape index (κ1) is 18.1. The summed E-state index contributed by atoms with van der Waals surface area (Å²) in [6.07, 6.45) is 5.09. The van der Waals surface area contributed by atoms with Gasteiger partial charge in [-0.2, -0.15) is 5.10 Å². The highest BCUT2D eigenvalue weighted by Crippen LogP contribution is 2.19. The lowest BCUT2D eigenvalue weighted by atomic mass is 10.0. The maximum Gasteiger partial charge on any atom is 0.305 e. The number of hydrogen-bond acceptors (Lipinski definition) is 4. The molecule has 1 aliphatic heterocycles. The molecule has 0 bridgehead atoms. The van der Waals surface area contributed by atoms with Gasteiger partial charge in [0.15, 0.2) is 0 Å². The van der Waals surface area contributed by atoms with E-state index in [0.717, 1.165) is 24.1 Å². The molecule has 2 heterocycles. The number of carbonyl (C=O) groups excluding carboxylic acids is 1. The second-order valence-corrected chi connectivity index (χ2v) is 6.49. The van der Waals surface area contributed by atoms with Crippen molar-refractivity contribution >= 4 is 11.9 Å². The number of amides is 1. The largest absolute Gasteiger partial charge is 0.481 e. The predicted molar refractivity (Wildman–Crippen MR) is 95.4 cm³/mol. The summed E-state index contributed by atoms with van der Waals surface area (Å²) in [6.45, 7) is 3.37. The summed E-state index contributed by atoms with van der Waals surface area (Å²) in [5.41, 5.74) is 2.48. The van der Waals surface area contributed by atoms with E-state index in [1.54, 1.807) is 27.9 Å². The number of nitrogens with zero attached hydrogens (tertiary/aromatic N) is 3.